The molecule has 5 nitrogen and oxygen atoms in total. The van der Waals surface area contributed by atoms with Gasteiger partial charge in [-0.05, 0) is 24.4 Å². The van der Waals surface area contributed by atoms with Crippen LogP contribution in [0.4, 0.5) is 5.88 Å². The van der Waals surface area contributed by atoms with Crippen LogP contribution in [-0.4, -0.2) is 19.1 Å². The van der Waals surface area contributed by atoms with Gasteiger partial charge in [-0.2, -0.15) is 0 Å². The number of anilines is 1. The van der Waals surface area contributed by atoms with Crippen LogP contribution in [-0.2, 0) is 0 Å². The van der Waals surface area contributed by atoms with E-state index in [1.165, 1.54) is 0 Å². The van der Waals surface area contributed by atoms with Crippen LogP contribution in [0, 0.1) is 0 Å². The largest absolute Gasteiger partial charge is 0.449 e. The maximum absolute atomic E-state index is 8.29. The van der Waals surface area contributed by atoms with Crippen LogP contribution in [0.2, 0.25) is 0 Å². The summed E-state index contributed by atoms with van der Waals surface area (Å²) in [6.07, 6.45) is 3.49. The second kappa shape index (κ2) is 4.07. The van der Waals surface area contributed by atoms with Crippen LogP contribution in [0.15, 0.2) is 27.9 Å². The summed E-state index contributed by atoms with van der Waals surface area (Å²) in [4.78, 5) is 5.00. The Morgan fingerprint density at radius 1 is 1.50 bits per heavy atom. The Hall–Kier alpha value is -1.61. The smallest absolute Gasteiger partial charge is 0.195 e. The summed E-state index contributed by atoms with van der Waals surface area (Å²) in [6, 6.07) is 3.99. The Morgan fingerprint density at radius 2 is 2.29 bits per heavy atom. The summed E-state index contributed by atoms with van der Waals surface area (Å²) < 4.78 is 5.29. The van der Waals surface area contributed by atoms with E-state index in [4.69, 9.17) is 9.95 Å². The van der Waals surface area contributed by atoms with E-state index in [9.17, 15) is 0 Å². The average Bonchev–Trinajstić information content (AvgIpc) is 2.72. The second-order valence-corrected chi connectivity index (χ2v) is 3.37. The quantitative estimate of drug-likeness (QED) is 0.410. The van der Waals surface area contributed by atoms with Crippen molar-refractivity contribution in [3.63, 3.8) is 0 Å². The Kier molecular flexibility index (Phi) is 2.60. The average molecular weight is 192 g/mol. The highest BCUT2D eigenvalue weighted by Crippen LogP contribution is 2.21. The van der Waals surface area contributed by atoms with Crippen molar-refractivity contribution in [2.45, 2.75) is 18.9 Å². The van der Waals surface area contributed by atoms with Crippen molar-refractivity contribution in [2.75, 3.05) is 18.0 Å². The SMILES string of the molecule is [N-]=[N+]=NC1CCN(c2ccco2)CC1. The first-order chi connectivity index (χ1) is 6.90. The first-order valence-corrected chi connectivity index (χ1v) is 4.73. The van der Waals surface area contributed by atoms with Gasteiger partial charge in [-0.3, -0.25) is 0 Å². The van der Waals surface area contributed by atoms with Crippen molar-refractivity contribution in [3.8, 4) is 0 Å². The summed E-state index contributed by atoms with van der Waals surface area (Å²) in [5, 5.41) is 3.72. The van der Waals surface area contributed by atoms with Crippen LogP contribution < -0.4 is 4.90 Å². The molecule has 0 bridgehead atoms. The van der Waals surface area contributed by atoms with Crippen LogP contribution in [0.25, 0.3) is 10.4 Å². The first kappa shape index (κ1) is 8.97. The molecule has 0 amide bonds. The molecule has 74 valence electrons. The number of hydrogen-bond donors (Lipinski definition) is 0. The molecule has 2 heterocycles. The van der Waals surface area contributed by atoms with Gasteiger partial charge < -0.3 is 9.32 Å². The zero-order chi connectivity index (χ0) is 9.80. The fraction of sp³-hybridized carbons (Fsp3) is 0.556. The summed E-state index contributed by atoms with van der Waals surface area (Å²) in [6.45, 7) is 1.80. The standard InChI is InChI=1S/C9H12N4O/c10-12-11-8-3-5-13(6-4-8)9-2-1-7-14-9/h1-2,7-8H,3-6H2. The van der Waals surface area contributed by atoms with E-state index >= 15 is 0 Å². The summed E-state index contributed by atoms with van der Waals surface area (Å²) >= 11 is 0. The van der Waals surface area contributed by atoms with Gasteiger partial charge in [0.2, 0.25) is 0 Å². The van der Waals surface area contributed by atoms with Gasteiger partial charge in [0.25, 0.3) is 0 Å². The van der Waals surface area contributed by atoms with Crippen LogP contribution in [0.3, 0.4) is 0 Å². The monoisotopic (exact) mass is 192 g/mol. The summed E-state index contributed by atoms with van der Waals surface area (Å²) in [5.41, 5.74) is 8.29. The fourth-order valence-electron chi connectivity index (χ4n) is 1.72. The third kappa shape index (κ3) is 1.83. The zero-order valence-electron chi connectivity index (χ0n) is 7.83. The van der Waals surface area contributed by atoms with E-state index in [-0.39, 0.29) is 6.04 Å². The van der Waals surface area contributed by atoms with Crippen molar-refractivity contribution in [1.82, 2.24) is 0 Å². The van der Waals surface area contributed by atoms with Gasteiger partial charge in [-0.15, -0.1) is 0 Å². The highest BCUT2D eigenvalue weighted by atomic mass is 16.3. The Bertz CT molecular complexity index is 321. The Morgan fingerprint density at radius 3 is 2.86 bits per heavy atom. The molecule has 0 radical (unpaired) electrons. The minimum absolute atomic E-state index is 0.159. The zero-order valence-corrected chi connectivity index (χ0v) is 7.83. The molecule has 0 atom stereocenters. The molecule has 1 aliphatic rings. The van der Waals surface area contributed by atoms with E-state index in [1.807, 2.05) is 12.1 Å². The van der Waals surface area contributed by atoms with E-state index in [1.54, 1.807) is 6.26 Å². The van der Waals surface area contributed by atoms with Crippen LogP contribution in [0.5, 0.6) is 0 Å². The maximum Gasteiger partial charge on any atom is 0.195 e. The molecule has 14 heavy (non-hydrogen) atoms. The molecule has 2 rings (SSSR count). The molecule has 1 saturated heterocycles. The van der Waals surface area contributed by atoms with Crippen molar-refractivity contribution in [2.24, 2.45) is 5.11 Å². The molecule has 0 unspecified atom stereocenters. The highest BCUT2D eigenvalue weighted by Gasteiger charge is 2.19. The molecule has 1 fully saturated rings. The molecule has 0 saturated carbocycles. The van der Waals surface area contributed by atoms with Gasteiger partial charge in [0.15, 0.2) is 5.88 Å². The molecule has 0 aliphatic carbocycles. The fourth-order valence-corrected chi connectivity index (χ4v) is 1.72. The van der Waals surface area contributed by atoms with Crippen molar-refractivity contribution >= 4 is 5.88 Å². The lowest BCUT2D eigenvalue weighted by molar-refractivity contribution is 0.462. The lowest BCUT2D eigenvalue weighted by Crippen LogP contribution is -2.34. The van der Waals surface area contributed by atoms with Crippen LogP contribution in [0.1, 0.15) is 12.8 Å². The lowest BCUT2D eigenvalue weighted by atomic mass is 10.1. The normalized spacial score (nSPS) is 17.9. The number of piperidine rings is 1. The number of rotatable bonds is 2. The van der Waals surface area contributed by atoms with Crippen molar-refractivity contribution < 1.29 is 4.42 Å². The van der Waals surface area contributed by atoms with Gasteiger partial charge in [-0.1, -0.05) is 5.11 Å². The minimum Gasteiger partial charge on any atom is -0.449 e. The molecule has 1 aromatic rings. The van der Waals surface area contributed by atoms with Crippen molar-refractivity contribution in [3.05, 3.63) is 28.8 Å². The molecule has 5 heteroatoms. The van der Waals surface area contributed by atoms with E-state index < -0.39 is 0 Å². The molecule has 0 aromatic carbocycles. The second-order valence-electron chi connectivity index (χ2n) is 3.37. The molecule has 0 N–H and O–H groups in total. The van der Waals surface area contributed by atoms with Gasteiger partial charge >= 0.3 is 0 Å². The first-order valence-electron chi connectivity index (χ1n) is 4.73. The van der Waals surface area contributed by atoms with Gasteiger partial charge in [-0.25, -0.2) is 0 Å². The third-order valence-corrected chi connectivity index (χ3v) is 2.50. The summed E-state index contributed by atoms with van der Waals surface area (Å²) in [7, 11) is 0. The van der Waals surface area contributed by atoms with Gasteiger partial charge in [0, 0.05) is 30.1 Å². The number of azide groups is 1. The molecule has 0 spiro atoms. The number of hydrogen-bond acceptors (Lipinski definition) is 3. The lowest BCUT2D eigenvalue weighted by Gasteiger charge is -2.29. The Balaban J connectivity index is 1.93. The molecule has 1 aliphatic heterocycles. The van der Waals surface area contributed by atoms with Crippen LogP contribution >= 0.6 is 0 Å². The predicted octanol–water partition coefficient (Wildman–Crippen LogP) is 2.56. The number of nitrogens with zero attached hydrogens (tertiary/aromatic N) is 4. The molecular formula is C9H12N4O. The highest BCUT2D eigenvalue weighted by molar-refractivity contribution is 5.35. The van der Waals surface area contributed by atoms with Gasteiger partial charge in [0.05, 0.1) is 6.26 Å². The van der Waals surface area contributed by atoms with E-state index in [0.717, 1.165) is 31.8 Å². The third-order valence-electron chi connectivity index (χ3n) is 2.50. The minimum atomic E-state index is 0.159. The molecular weight excluding hydrogens is 180 g/mol. The summed E-state index contributed by atoms with van der Waals surface area (Å²) in [5.74, 6) is 0.907. The van der Waals surface area contributed by atoms with Crippen molar-refractivity contribution in [1.29, 1.82) is 0 Å². The molecule has 1 aromatic heterocycles. The van der Waals surface area contributed by atoms with Gasteiger partial charge in [0.1, 0.15) is 0 Å². The van der Waals surface area contributed by atoms with E-state index in [0.29, 0.717) is 0 Å². The van der Waals surface area contributed by atoms with E-state index in [2.05, 4.69) is 14.9 Å². The predicted molar refractivity (Wildman–Crippen MR) is 53.1 cm³/mol. The Labute approximate surface area is 81.9 Å². The topological polar surface area (TPSA) is 65.1 Å². The maximum atomic E-state index is 8.29. The number of furan rings is 1.